The molecule has 0 aliphatic rings. The molecule has 1 rings (SSSR count). The molecule has 0 amide bonds. The van der Waals surface area contributed by atoms with E-state index in [2.05, 4.69) is 0 Å². The van der Waals surface area contributed by atoms with Crippen molar-refractivity contribution in [2.75, 3.05) is 0 Å². The van der Waals surface area contributed by atoms with Crippen LogP contribution in [0, 0.1) is 0 Å². The third-order valence-corrected chi connectivity index (χ3v) is 1.89. The summed E-state index contributed by atoms with van der Waals surface area (Å²) in [6, 6.07) is 3.26. The number of rotatable bonds is 3. The molecule has 0 unspecified atom stereocenters. The number of phenols is 2. The van der Waals surface area contributed by atoms with Gasteiger partial charge in [0.2, 0.25) is 0 Å². The normalized spacial score (nSPS) is 14.5. The SMILES string of the molecule is O=C(O)[C@H](O)[C@@H](O)c1ccc(O)c(O)c1. The Balaban J connectivity index is 2.96. The lowest BCUT2D eigenvalue weighted by molar-refractivity contribution is -0.153. The maximum Gasteiger partial charge on any atom is 0.335 e. The maximum atomic E-state index is 10.3. The van der Waals surface area contributed by atoms with Gasteiger partial charge in [0, 0.05) is 0 Å². The first-order valence-electron chi connectivity index (χ1n) is 4.04. The second kappa shape index (κ2) is 4.16. The Morgan fingerprint density at radius 1 is 1.13 bits per heavy atom. The van der Waals surface area contributed by atoms with Crippen LogP contribution in [0.3, 0.4) is 0 Å². The fourth-order valence-corrected chi connectivity index (χ4v) is 1.04. The highest BCUT2D eigenvalue weighted by atomic mass is 16.4. The molecular formula is C9H10O6. The van der Waals surface area contributed by atoms with Crippen molar-refractivity contribution >= 4 is 5.97 Å². The van der Waals surface area contributed by atoms with Crippen LogP contribution in [-0.2, 0) is 4.79 Å². The molecule has 15 heavy (non-hydrogen) atoms. The van der Waals surface area contributed by atoms with Crippen LogP contribution in [0.1, 0.15) is 11.7 Å². The summed E-state index contributed by atoms with van der Waals surface area (Å²) >= 11 is 0. The van der Waals surface area contributed by atoms with Gasteiger partial charge in [-0.05, 0) is 17.7 Å². The number of carboxylic acids is 1. The molecule has 0 aliphatic heterocycles. The summed E-state index contributed by atoms with van der Waals surface area (Å²) in [6.45, 7) is 0. The molecule has 6 heteroatoms. The fraction of sp³-hybridized carbons (Fsp3) is 0.222. The molecule has 6 nitrogen and oxygen atoms in total. The Morgan fingerprint density at radius 3 is 2.20 bits per heavy atom. The number of aliphatic carboxylic acids is 1. The number of carbonyl (C=O) groups is 1. The van der Waals surface area contributed by atoms with E-state index in [4.69, 9.17) is 20.4 Å². The van der Waals surface area contributed by atoms with Gasteiger partial charge < -0.3 is 25.5 Å². The minimum absolute atomic E-state index is 0.000185. The summed E-state index contributed by atoms with van der Waals surface area (Å²) in [7, 11) is 0. The van der Waals surface area contributed by atoms with Crippen molar-refractivity contribution in [3.8, 4) is 11.5 Å². The minimum Gasteiger partial charge on any atom is -0.504 e. The largest absolute Gasteiger partial charge is 0.504 e. The van der Waals surface area contributed by atoms with Crippen LogP contribution in [0.2, 0.25) is 0 Å². The van der Waals surface area contributed by atoms with Gasteiger partial charge in [-0.15, -0.1) is 0 Å². The van der Waals surface area contributed by atoms with E-state index < -0.39 is 29.7 Å². The standard InChI is InChI=1S/C9H10O6/c10-5-2-1-4(3-6(5)11)7(12)8(13)9(14)15/h1-3,7-8,10-13H,(H,14,15)/t7-,8+/m0/s1. The predicted molar refractivity (Wildman–Crippen MR) is 48.4 cm³/mol. The monoisotopic (exact) mass is 214 g/mol. The van der Waals surface area contributed by atoms with E-state index in [1.165, 1.54) is 6.07 Å². The number of hydrogen-bond acceptors (Lipinski definition) is 5. The van der Waals surface area contributed by atoms with Crippen molar-refractivity contribution < 1.29 is 30.3 Å². The van der Waals surface area contributed by atoms with Gasteiger partial charge in [0.25, 0.3) is 0 Å². The molecular weight excluding hydrogens is 204 g/mol. The first kappa shape index (κ1) is 11.3. The molecule has 1 aromatic rings. The van der Waals surface area contributed by atoms with Crippen LogP contribution < -0.4 is 0 Å². The van der Waals surface area contributed by atoms with E-state index in [0.29, 0.717) is 0 Å². The lowest BCUT2D eigenvalue weighted by atomic mass is 10.0. The van der Waals surface area contributed by atoms with Gasteiger partial charge in [-0.2, -0.15) is 0 Å². The Kier molecular flexibility index (Phi) is 3.13. The zero-order valence-electron chi connectivity index (χ0n) is 7.53. The average Bonchev–Trinajstić information content (AvgIpc) is 2.19. The van der Waals surface area contributed by atoms with E-state index in [0.717, 1.165) is 12.1 Å². The van der Waals surface area contributed by atoms with E-state index >= 15 is 0 Å². The molecule has 0 aliphatic carbocycles. The quantitative estimate of drug-likeness (QED) is 0.436. The predicted octanol–water partition coefficient (Wildman–Crippen LogP) is -0.423. The van der Waals surface area contributed by atoms with Gasteiger partial charge in [0.05, 0.1) is 0 Å². The molecule has 0 heterocycles. The highest BCUT2D eigenvalue weighted by Crippen LogP contribution is 2.28. The van der Waals surface area contributed by atoms with Crippen molar-refractivity contribution in [1.82, 2.24) is 0 Å². The zero-order valence-corrected chi connectivity index (χ0v) is 7.53. The number of aromatic hydroxyl groups is 2. The van der Waals surface area contributed by atoms with Gasteiger partial charge >= 0.3 is 5.97 Å². The van der Waals surface area contributed by atoms with Gasteiger partial charge in [-0.1, -0.05) is 6.07 Å². The van der Waals surface area contributed by atoms with Gasteiger partial charge in [-0.25, -0.2) is 4.79 Å². The Morgan fingerprint density at radius 2 is 1.73 bits per heavy atom. The highest BCUT2D eigenvalue weighted by Gasteiger charge is 2.25. The number of aliphatic hydroxyl groups excluding tert-OH is 2. The summed E-state index contributed by atoms with van der Waals surface area (Å²) in [4.78, 5) is 10.3. The Labute approximate surface area is 84.7 Å². The molecule has 1 aromatic carbocycles. The van der Waals surface area contributed by atoms with E-state index in [-0.39, 0.29) is 5.56 Å². The van der Waals surface area contributed by atoms with Crippen LogP contribution in [0.15, 0.2) is 18.2 Å². The molecule has 0 spiro atoms. The lowest BCUT2D eigenvalue weighted by Gasteiger charge is -2.14. The lowest BCUT2D eigenvalue weighted by Crippen LogP contribution is -2.27. The van der Waals surface area contributed by atoms with E-state index in [1.807, 2.05) is 0 Å². The van der Waals surface area contributed by atoms with Crippen molar-refractivity contribution in [2.45, 2.75) is 12.2 Å². The molecule has 82 valence electrons. The van der Waals surface area contributed by atoms with Crippen molar-refractivity contribution in [3.05, 3.63) is 23.8 Å². The maximum absolute atomic E-state index is 10.3. The van der Waals surface area contributed by atoms with Crippen molar-refractivity contribution in [1.29, 1.82) is 0 Å². The topological polar surface area (TPSA) is 118 Å². The first-order chi connectivity index (χ1) is 6.93. The Bertz CT molecular complexity index is 375. The molecule has 5 N–H and O–H groups in total. The van der Waals surface area contributed by atoms with Crippen LogP contribution in [0.4, 0.5) is 0 Å². The second-order valence-corrected chi connectivity index (χ2v) is 2.98. The molecule has 0 radical (unpaired) electrons. The van der Waals surface area contributed by atoms with Crippen LogP contribution in [0.25, 0.3) is 0 Å². The fourth-order valence-electron chi connectivity index (χ4n) is 1.04. The van der Waals surface area contributed by atoms with Crippen molar-refractivity contribution in [2.24, 2.45) is 0 Å². The summed E-state index contributed by atoms with van der Waals surface area (Å²) in [5, 5.41) is 44.8. The molecule has 0 aromatic heterocycles. The number of hydrogen-bond donors (Lipinski definition) is 5. The molecule has 0 saturated heterocycles. The summed E-state index contributed by atoms with van der Waals surface area (Å²) < 4.78 is 0. The second-order valence-electron chi connectivity index (χ2n) is 2.98. The summed E-state index contributed by atoms with van der Waals surface area (Å²) in [5.41, 5.74) is 0.000185. The third-order valence-electron chi connectivity index (χ3n) is 1.89. The first-order valence-corrected chi connectivity index (χ1v) is 4.04. The van der Waals surface area contributed by atoms with Gasteiger partial charge in [0.1, 0.15) is 6.10 Å². The van der Waals surface area contributed by atoms with E-state index in [9.17, 15) is 9.90 Å². The number of phenolic OH excluding ortho intramolecular Hbond substituents is 2. The number of aliphatic hydroxyl groups is 2. The smallest absolute Gasteiger partial charge is 0.335 e. The van der Waals surface area contributed by atoms with Crippen LogP contribution >= 0.6 is 0 Å². The average molecular weight is 214 g/mol. The zero-order chi connectivity index (χ0) is 11.6. The summed E-state index contributed by atoms with van der Waals surface area (Å²) in [5.74, 6) is -2.46. The van der Waals surface area contributed by atoms with Crippen molar-refractivity contribution in [3.63, 3.8) is 0 Å². The van der Waals surface area contributed by atoms with Crippen LogP contribution in [0.5, 0.6) is 11.5 Å². The Hall–Kier alpha value is -1.79. The highest BCUT2D eigenvalue weighted by molar-refractivity contribution is 5.73. The van der Waals surface area contributed by atoms with Gasteiger partial charge in [0.15, 0.2) is 17.6 Å². The summed E-state index contributed by atoms with van der Waals surface area (Å²) in [6.07, 6.45) is -3.64. The van der Waals surface area contributed by atoms with Crippen LogP contribution in [-0.4, -0.2) is 37.6 Å². The van der Waals surface area contributed by atoms with E-state index in [1.54, 1.807) is 0 Å². The third kappa shape index (κ3) is 2.36. The molecule has 2 atom stereocenters. The number of benzene rings is 1. The molecule has 0 saturated carbocycles. The molecule has 0 fully saturated rings. The van der Waals surface area contributed by atoms with Gasteiger partial charge in [-0.3, -0.25) is 0 Å². The molecule has 0 bridgehead atoms. The number of carboxylic acid groups (broad SMARTS) is 1. The minimum atomic E-state index is -1.98.